The Bertz CT molecular complexity index is 1400. The Kier molecular flexibility index (Phi) is 5.20. The molecule has 4 rings (SSSR count). The third kappa shape index (κ3) is 3.53. The molecule has 2 aromatic carbocycles. The highest BCUT2D eigenvalue weighted by atomic mass is 32.1. The van der Waals surface area contributed by atoms with E-state index in [0.29, 0.717) is 27.3 Å². The second-order valence-corrected chi connectivity index (χ2v) is 8.46. The summed E-state index contributed by atoms with van der Waals surface area (Å²) in [6.07, 6.45) is 0. The average Bonchev–Trinajstić information content (AvgIpc) is 3.03. The molecule has 0 fully saturated rings. The second kappa shape index (κ2) is 7.85. The van der Waals surface area contributed by atoms with Gasteiger partial charge in [-0.2, -0.15) is 0 Å². The summed E-state index contributed by atoms with van der Waals surface area (Å²) in [5.74, 6) is -0.678. The van der Waals surface area contributed by atoms with Gasteiger partial charge in [0.05, 0.1) is 16.5 Å². The summed E-state index contributed by atoms with van der Waals surface area (Å²) >= 11 is 1.28. The van der Waals surface area contributed by atoms with Gasteiger partial charge in [-0.05, 0) is 38.5 Å². The van der Waals surface area contributed by atoms with Crippen molar-refractivity contribution >= 4 is 39.1 Å². The zero-order valence-electron chi connectivity index (χ0n) is 17.2. The van der Waals surface area contributed by atoms with Crippen molar-refractivity contribution in [3.8, 4) is 11.3 Å². The zero-order valence-corrected chi connectivity index (χ0v) is 18.1. The lowest BCUT2D eigenvalue weighted by Crippen LogP contribution is -2.18. The van der Waals surface area contributed by atoms with Crippen LogP contribution >= 0.6 is 11.3 Å². The smallest absolute Gasteiger partial charge is 0.260 e. The zero-order chi connectivity index (χ0) is 22.3. The van der Waals surface area contributed by atoms with E-state index in [1.807, 2.05) is 37.3 Å². The van der Waals surface area contributed by atoms with Crippen molar-refractivity contribution in [2.45, 2.75) is 20.8 Å². The molecule has 0 atom stereocenters. The molecule has 6 nitrogen and oxygen atoms in total. The molecule has 0 aliphatic rings. The number of primary amides is 1. The van der Waals surface area contributed by atoms with Gasteiger partial charge < -0.3 is 15.5 Å². The number of rotatable bonds is 4. The van der Waals surface area contributed by atoms with Crippen LogP contribution in [-0.4, -0.2) is 11.8 Å². The fourth-order valence-electron chi connectivity index (χ4n) is 3.54. The van der Waals surface area contributed by atoms with Crippen molar-refractivity contribution in [1.29, 1.82) is 0 Å². The third-order valence-corrected chi connectivity index (χ3v) is 6.41. The molecule has 156 valence electrons. The number of hydrogen-bond acceptors (Lipinski definition) is 5. The Labute approximate surface area is 182 Å². The van der Waals surface area contributed by atoms with Gasteiger partial charge in [-0.1, -0.05) is 36.4 Å². The monoisotopic (exact) mass is 432 g/mol. The fraction of sp³-hybridized carbons (Fsp3) is 0.125. The molecule has 2 heterocycles. The van der Waals surface area contributed by atoms with Crippen molar-refractivity contribution in [3.63, 3.8) is 0 Å². The van der Waals surface area contributed by atoms with Crippen molar-refractivity contribution in [1.82, 2.24) is 0 Å². The summed E-state index contributed by atoms with van der Waals surface area (Å²) in [4.78, 5) is 38.9. The minimum atomic E-state index is -0.608. The van der Waals surface area contributed by atoms with Crippen molar-refractivity contribution in [3.05, 3.63) is 85.9 Å². The van der Waals surface area contributed by atoms with Crippen LogP contribution in [0.1, 0.15) is 36.7 Å². The molecule has 0 unspecified atom stereocenters. The molecule has 0 saturated heterocycles. The van der Waals surface area contributed by atoms with Crippen LogP contribution in [-0.2, 0) is 0 Å². The summed E-state index contributed by atoms with van der Waals surface area (Å²) in [6.45, 7) is 5.35. The van der Waals surface area contributed by atoms with Crippen LogP contribution < -0.4 is 16.5 Å². The topological polar surface area (TPSA) is 102 Å². The van der Waals surface area contributed by atoms with Gasteiger partial charge in [-0.15, -0.1) is 11.3 Å². The van der Waals surface area contributed by atoms with Gasteiger partial charge in [-0.25, -0.2) is 0 Å². The minimum Gasteiger partial charge on any atom is -0.455 e. The highest BCUT2D eigenvalue weighted by Crippen LogP contribution is 2.33. The number of carbonyl (C=O) groups excluding carboxylic acids is 2. The van der Waals surface area contributed by atoms with E-state index in [4.69, 9.17) is 10.2 Å². The Balaban J connectivity index is 1.86. The van der Waals surface area contributed by atoms with Gasteiger partial charge in [0.1, 0.15) is 10.8 Å². The molecule has 4 aromatic rings. The first-order valence-corrected chi connectivity index (χ1v) is 10.4. The molecule has 31 heavy (non-hydrogen) atoms. The van der Waals surface area contributed by atoms with Crippen LogP contribution in [0.2, 0.25) is 0 Å². The molecule has 0 aliphatic heterocycles. The van der Waals surface area contributed by atoms with E-state index in [1.165, 1.54) is 11.3 Å². The second-order valence-electron chi connectivity index (χ2n) is 7.24. The lowest BCUT2D eigenvalue weighted by Gasteiger charge is -2.11. The van der Waals surface area contributed by atoms with Crippen molar-refractivity contribution < 1.29 is 14.0 Å². The summed E-state index contributed by atoms with van der Waals surface area (Å²) < 4.78 is 6.11. The number of anilines is 1. The average molecular weight is 433 g/mol. The van der Waals surface area contributed by atoms with Gasteiger partial charge in [0.2, 0.25) is 0 Å². The highest BCUT2D eigenvalue weighted by Gasteiger charge is 2.22. The van der Waals surface area contributed by atoms with Crippen LogP contribution in [0.4, 0.5) is 5.00 Å². The molecule has 3 N–H and O–H groups in total. The van der Waals surface area contributed by atoms with E-state index in [2.05, 4.69) is 5.32 Å². The van der Waals surface area contributed by atoms with Gasteiger partial charge in [0.25, 0.3) is 11.8 Å². The number of thiophene rings is 1. The molecule has 0 spiro atoms. The number of carbonyl (C=O) groups is 2. The van der Waals surface area contributed by atoms with Crippen LogP contribution in [0.5, 0.6) is 0 Å². The SMILES string of the molecule is Cc1sc(NC(=O)c2cccc3c(=O)c(C)c(-c4ccccc4)oc23)c(C(N)=O)c1C. The molecule has 2 aromatic heterocycles. The van der Waals surface area contributed by atoms with Crippen LogP contribution in [0, 0.1) is 20.8 Å². The van der Waals surface area contributed by atoms with Crippen molar-refractivity contribution in [2.75, 3.05) is 5.32 Å². The van der Waals surface area contributed by atoms with Crippen LogP contribution in [0.15, 0.2) is 57.7 Å². The predicted molar refractivity (Wildman–Crippen MR) is 123 cm³/mol. The number of nitrogens with two attached hydrogens (primary N) is 1. The lowest BCUT2D eigenvalue weighted by molar-refractivity contribution is 0.100. The van der Waals surface area contributed by atoms with Crippen LogP contribution in [0.3, 0.4) is 0 Å². The maximum absolute atomic E-state index is 13.1. The van der Waals surface area contributed by atoms with Crippen LogP contribution in [0.25, 0.3) is 22.3 Å². The normalized spacial score (nSPS) is 10.9. The number of benzene rings is 2. The van der Waals surface area contributed by atoms with E-state index in [1.54, 1.807) is 32.0 Å². The largest absolute Gasteiger partial charge is 0.455 e. The maximum Gasteiger partial charge on any atom is 0.260 e. The third-order valence-electron chi connectivity index (χ3n) is 5.28. The molecule has 2 amide bonds. The number of amides is 2. The van der Waals surface area contributed by atoms with E-state index in [9.17, 15) is 14.4 Å². The highest BCUT2D eigenvalue weighted by molar-refractivity contribution is 7.16. The fourth-order valence-corrected chi connectivity index (χ4v) is 4.60. The number of nitrogens with one attached hydrogen (secondary N) is 1. The molecule has 0 aliphatic carbocycles. The summed E-state index contributed by atoms with van der Waals surface area (Å²) in [7, 11) is 0. The standard InChI is InChI=1S/C24H20N2O4S/c1-12-14(3)31-24(18(12)22(25)28)26-23(29)17-11-7-10-16-19(27)13(2)20(30-21(16)17)15-8-5-4-6-9-15/h4-11H,1-3H3,(H2,25,28)(H,26,29). The minimum absolute atomic E-state index is 0.195. The van der Waals surface area contributed by atoms with E-state index in [-0.39, 0.29) is 16.6 Å². The van der Waals surface area contributed by atoms with Crippen molar-refractivity contribution in [2.24, 2.45) is 5.73 Å². The number of fused-ring (bicyclic) bond motifs is 1. The lowest BCUT2D eigenvalue weighted by atomic mass is 10.0. The first-order chi connectivity index (χ1) is 14.8. The summed E-state index contributed by atoms with van der Waals surface area (Å²) in [5, 5.41) is 3.47. The number of para-hydroxylation sites is 1. The van der Waals surface area contributed by atoms with Gasteiger partial charge >= 0.3 is 0 Å². The quantitative estimate of drug-likeness (QED) is 0.484. The Morgan fingerprint density at radius 3 is 2.35 bits per heavy atom. The Morgan fingerprint density at radius 1 is 0.968 bits per heavy atom. The summed E-state index contributed by atoms with van der Waals surface area (Å²) in [5.41, 5.74) is 7.95. The molecular weight excluding hydrogens is 412 g/mol. The molecule has 7 heteroatoms. The number of aryl methyl sites for hydroxylation is 1. The molecule has 0 bridgehead atoms. The summed E-state index contributed by atoms with van der Waals surface area (Å²) in [6, 6.07) is 14.1. The molecule has 0 saturated carbocycles. The van der Waals surface area contributed by atoms with Gasteiger partial charge in [0, 0.05) is 16.0 Å². The first-order valence-electron chi connectivity index (χ1n) is 9.62. The first kappa shape index (κ1) is 20.6. The van der Waals surface area contributed by atoms with E-state index < -0.39 is 11.8 Å². The van der Waals surface area contributed by atoms with E-state index >= 15 is 0 Å². The number of hydrogen-bond donors (Lipinski definition) is 2. The van der Waals surface area contributed by atoms with Gasteiger partial charge in [-0.3, -0.25) is 14.4 Å². The predicted octanol–water partition coefficient (Wildman–Crippen LogP) is 4.80. The molecular formula is C24H20N2O4S. The van der Waals surface area contributed by atoms with E-state index in [0.717, 1.165) is 16.0 Å². The molecule has 0 radical (unpaired) electrons. The Hall–Kier alpha value is -3.71. The Morgan fingerprint density at radius 2 is 1.68 bits per heavy atom. The maximum atomic E-state index is 13.1. The van der Waals surface area contributed by atoms with Gasteiger partial charge in [0.15, 0.2) is 11.0 Å².